The van der Waals surface area contributed by atoms with Crippen LogP contribution in [0.2, 0.25) is 0 Å². The molecule has 2 rings (SSSR count). The molecule has 1 unspecified atom stereocenters. The number of methoxy groups -OCH3 is 1. The first kappa shape index (κ1) is 15.6. The Morgan fingerprint density at radius 2 is 2.10 bits per heavy atom. The lowest BCUT2D eigenvalue weighted by molar-refractivity contribution is 0.411. The smallest absolute Gasteiger partial charge is 0.121 e. The number of aryl methyl sites for hydroxylation is 3. The van der Waals surface area contributed by atoms with Gasteiger partial charge in [-0.2, -0.15) is 5.10 Å². The molecule has 1 heterocycles. The van der Waals surface area contributed by atoms with E-state index in [1.807, 2.05) is 24.8 Å². The van der Waals surface area contributed by atoms with Gasteiger partial charge in [0.05, 0.1) is 12.8 Å². The number of nitrogens with one attached hydrogen (secondary N) is 1. The highest BCUT2D eigenvalue weighted by Crippen LogP contribution is 2.24. The highest BCUT2D eigenvalue weighted by Gasteiger charge is 2.14. The van der Waals surface area contributed by atoms with E-state index in [0.717, 1.165) is 29.8 Å². The molecule has 1 N–H and O–H groups in total. The molecule has 0 saturated heterocycles. The average Bonchev–Trinajstić information content (AvgIpc) is 2.85. The third kappa shape index (κ3) is 3.45. The molecule has 0 bridgehead atoms. The Bertz CT molecular complexity index is 604. The molecule has 0 aliphatic heterocycles. The second-order valence-corrected chi connectivity index (χ2v) is 5.38. The lowest BCUT2D eigenvalue weighted by Gasteiger charge is -2.18. The third-order valence-corrected chi connectivity index (χ3v) is 3.97. The second-order valence-electron chi connectivity index (χ2n) is 5.38. The Balaban J connectivity index is 2.23. The summed E-state index contributed by atoms with van der Waals surface area (Å²) in [5.41, 5.74) is 4.83. The summed E-state index contributed by atoms with van der Waals surface area (Å²) in [6.07, 6.45) is 1.89. The minimum absolute atomic E-state index is 0.273. The Hall–Kier alpha value is -1.81. The molecule has 114 valence electrons. The van der Waals surface area contributed by atoms with E-state index >= 15 is 0 Å². The number of nitrogens with zero attached hydrogens (tertiary/aromatic N) is 2. The van der Waals surface area contributed by atoms with Gasteiger partial charge in [-0.25, -0.2) is 0 Å². The molecule has 0 radical (unpaired) electrons. The first-order valence-electron chi connectivity index (χ1n) is 7.42. The zero-order chi connectivity index (χ0) is 15.4. The fraction of sp³-hybridized carbons (Fsp3) is 0.471. The van der Waals surface area contributed by atoms with E-state index in [0.29, 0.717) is 0 Å². The van der Waals surface area contributed by atoms with Crippen LogP contribution in [0, 0.1) is 6.92 Å². The highest BCUT2D eigenvalue weighted by molar-refractivity contribution is 5.37. The minimum Gasteiger partial charge on any atom is -0.496 e. The monoisotopic (exact) mass is 287 g/mol. The predicted molar refractivity (Wildman–Crippen MR) is 85.8 cm³/mol. The first-order valence-corrected chi connectivity index (χ1v) is 7.42. The van der Waals surface area contributed by atoms with E-state index in [4.69, 9.17) is 4.74 Å². The molecule has 4 heteroatoms. The maximum Gasteiger partial charge on any atom is 0.121 e. The molecule has 21 heavy (non-hydrogen) atoms. The van der Waals surface area contributed by atoms with E-state index in [1.54, 1.807) is 7.11 Å². The Kier molecular flexibility index (Phi) is 5.02. The van der Waals surface area contributed by atoms with Crippen molar-refractivity contribution in [2.45, 2.75) is 32.7 Å². The van der Waals surface area contributed by atoms with Crippen LogP contribution in [0.3, 0.4) is 0 Å². The lowest BCUT2D eigenvalue weighted by atomic mass is 9.99. The summed E-state index contributed by atoms with van der Waals surface area (Å²) in [7, 11) is 5.72. The van der Waals surface area contributed by atoms with E-state index in [-0.39, 0.29) is 6.04 Å². The Morgan fingerprint density at radius 3 is 2.62 bits per heavy atom. The van der Waals surface area contributed by atoms with Crippen LogP contribution in [0.25, 0.3) is 0 Å². The number of rotatable bonds is 6. The van der Waals surface area contributed by atoms with Crippen molar-refractivity contribution in [2.24, 2.45) is 7.05 Å². The average molecular weight is 287 g/mol. The van der Waals surface area contributed by atoms with Gasteiger partial charge in [0.15, 0.2) is 0 Å². The van der Waals surface area contributed by atoms with Crippen molar-refractivity contribution in [3.63, 3.8) is 0 Å². The molecule has 4 nitrogen and oxygen atoms in total. The van der Waals surface area contributed by atoms with Gasteiger partial charge in [-0.1, -0.05) is 19.1 Å². The summed E-state index contributed by atoms with van der Waals surface area (Å²) >= 11 is 0. The highest BCUT2D eigenvalue weighted by atomic mass is 16.5. The van der Waals surface area contributed by atoms with Crippen molar-refractivity contribution < 1.29 is 4.74 Å². The first-order chi connectivity index (χ1) is 10.1. The molecule has 0 amide bonds. The Labute approximate surface area is 127 Å². The van der Waals surface area contributed by atoms with Gasteiger partial charge in [0.25, 0.3) is 0 Å². The minimum atomic E-state index is 0.273. The quantitative estimate of drug-likeness (QED) is 0.888. The summed E-state index contributed by atoms with van der Waals surface area (Å²) in [5, 5.41) is 7.93. The molecule has 0 spiro atoms. The maximum absolute atomic E-state index is 5.33. The van der Waals surface area contributed by atoms with Crippen LogP contribution in [-0.2, 0) is 19.9 Å². The zero-order valence-corrected chi connectivity index (χ0v) is 13.6. The molecule has 0 aliphatic carbocycles. The number of likely N-dealkylation sites (N-methyl/N-ethyl adjacent to an activating group) is 1. The van der Waals surface area contributed by atoms with Crippen molar-refractivity contribution in [3.05, 3.63) is 46.8 Å². The summed E-state index contributed by atoms with van der Waals surface area (Å²) < 4.78 is 7.32. The fourth-order valence-electron chi connectivity index (χ4n) is 2.65. The number of hydrogen-bond donors (Lipinski definition) is 1. The van der Waals surface area contributed by atoms with Crippen LogP contribution in [0.1, 0.15) is 35.5 Å². The fourth-order valence-corrected chi connectivity index (χ4v) is 2.65. The van der Waals surface area contributed by atoms with Gasteiger partial charge in [0.2, 0.25) is 0 Å². The predicted octanol–water partition coefficient (Wildman–Crippen LogP) is 2.80. The largest absolute Gasteiger partial charge is 0.496 e. The van der Waals surface area contributed by atoms with E-state index in [2.05, 4.69) is 42.5 Å². The van der Waals surface area contributed by atoms with E-state index in [9.17, 15) is 0 Å². The molecule has 1 aromatic heterocycles. The topological polar surface area (TPSA) is 39.1 Å². The van der Waals surface area contributed by atoms with Gasteiger partial charge in [0.1, 0.15) is 5.75 Å². The van der Waals surface area contributed by atoms with Gasteiger partial charge in [-0.15, -0.1) is 0 Å². The molecule has 0 saturated carbocycles. The van der Waals surface area contributed by atoms with Crippen LogP contribution in [0.5, 0.6) is 5.75 Å². The molecule has 0 fully saturated rings. The van der Waals surface area contributed by atoms with Gasteiger partial charge >= 0.3 is 0 Å². The van der Waals surface area contributed by atoms with E-state index < -0.39 is 0 Å². The summed E-state index contributed by atoms with van der Waals surface area (Å²) in [6.45, 7) is 4.21. The molecule has 1 aromatic carbocycles. The van der Waals surface area contributed by atoms with Crippen molar-refractivity contribution in [3.8, 4) is 5.75 Å². The number of hydrogen-bond acceptors (Lipinski definition) is 3. The van der Waals surface area contributed by atoms with E-state index in [1.165, 1.54) is 11.3 Å². The van der Waals surface area contributed by atoms with Crippen molar-refractivity contribution >= 4 is 0 Å². The van der Waals surface area contributed by atoms with Crippen molar-refractivity contribution in [1.82, 2.24) is 15.1 Å². The van der Waals surface area contributed by atoms with Crippen LogP contribution >= 0.6 is 0 Å². The van der Waals surface area contributed by atoms with Crippen molar-refractivity contribution in [1.29, 1.82) is 0 Å². The summed E-state index contributed by atoms with van der Waals surface area (Å²) in [4.78, 5) is 0. The standard InChI is InChI=1S/C17H25N3O/c1-6-14-10-15(20(4)19-14)11-16(18-3)13-7-8-17(21-5)12(2)9-13/h7-10,16,18H,6,11H2,1-5H3. The van der Waals surface area contributed by atoms with Crippen LogP contribution in [0.15, 0.2) is 24.3 Å². The van der Waals surface area contributed by atoms with Crippen LogP contribution in [-0.4, -0.2) is 23.9 Å². The summed E-state index contributed by atoms with van der Waals surface area (Å²) in [5.74, 6) is 0.933. The van der Waals surface area contributed by atoms with Gasteiger partial charge in [-0.05, 0) is 43.7 Å². The Morgan fingerprint density at radius 1 is 1.33 bits per heavy atom. The number of ether oxygens (including phenoxy) is 1. The molecule has 0 aliphatic rings. The number of aromatic nitrogens is 2. The van der Waals surface area contributed by atoms with Crippen LogP contribution in [0.4, 0.5) is 0 Å². The second kappa shape index (κ2) is 6.76. The van der Waals surface area contributed by atoms with Crippen molar-refractivity contribution in [2.75, 3.05) is 14.2 Å². The normalized spacial score (nSPS) is 12.4. The molecular weight excluding hydrogens is 262 g/mol. The van der Waals surface area contributed by atoms with Gasteiger partial charge in [0, 0.05) is 25.2 Å². The molecular formula is C17H25N3O. The third-order valence-electron chi connectivity index (χ3n) is 3.97. The maximum atomic E-state index is 5.33. The summed E-state index contributed by atoms with van der Waals surface area (Å²) in [6, 6.07) is 8.83. The SMILES string of the molecule is CCc1cc(CC(NC)c2ccc(OC)c(C)c2)n(C)n1. The van der Waals surface area contributed by atoms with Gasteiger partial charge < -0.3 is 10.1 Å². The molecule has 2 aromatic rings. The zero-order valence-electron chi connectivity index (χ0n) is 13.6. The molecule has 1 atom stereocenters. The number of benzene rings is 1. The van der Waals surface area contributed by atoms with Crippen LogP contribution < -0.4 is 10.1 Å². The van der Waals surface area contributed by atoms with Gasteiger partial charge in [-0.3, -0.25) is 4.68 Å². The lowest BCUT2D eigenvalue weighted by Crippen LogP contribution is -2.20.